The van der Waals surface area contributed by atoms with Gasteiger partial charge in [0.25, 0.3) is 0 Å². The molecule has 0 amide bonds. The Kier molecular flexibility index (Phi) is 6.38. The van der Waals surface area contributed by atoms with E-state index in [4.69, 9.17) is 0 Å². The van der Waals surface area contributed by atoms with Crippen molar-refractivity contribution in [1.82, 2.24) is 0 Å². The lowest BCUT2D eigenvalue weighted by atomic mass is 9.84. The molecule has 14 heavy (non-hydrogen) atoms. The van der Waals surface area contributed by atoms with Gasteiger partial charge in [0.15, 0.2) is 0 Å². The molecule has 0 radical (unpaired) electrons. The zero-order valence-electron chi connectivity index (χ0n) is 10.1. The third-order valence-electron chi connectivity index (χ3n) is 2.61. The van der Waals surface area contributed by atoms with Crippen molar-refractivity contribution in [3.05, 3.63) is 0 Å². The maximum atomic E-state index is 9.76. The maximum Gasteiger partial charge on any atom is 0.0847 e. The monoisotopic (exact) mass is 202 g/mol. The average Bonchev–Trinajstić information content (AvgIpc) is 2.09. The largest absolute Gasteiger partial charge is 0.390 e. The second kappa shape index (κ2) is 6.41. The van der Waals surface area contributed by atoms with Crippen LogP contribution < -0.4 is 0 Å². The Morgan fingerprint density at radius 3 is 2.00 bits per heavy atom. The predicted molar refractivity (Wildman–Crippen MR) is 60.2 cm³/mol. The Hall–Kier alpha value is -0.0800. The van der Waals surface area contributed by atoms with E-state index in [1.165, 1.54) is 12.8 Å². The lowest BCUT2D eigenvalue weighted by Crippen LogP contribution is -2.37. The fourth-order valence-corrected chi connectivity index (χ4v) is 1.52. The molecule has 0 aromatic carbocycles. The maximum absolute atomic E-state index is 9.76. The summed E-state index contributed by atoms with van der Waals surface area (Å²) in [4.78, 5) is 0. The van der Waals surface area contributed by atoms with Crippen molar-refractivity contribution in [3.8, 4) is 0 Å². The van der Waals surface area contributed by atoms with E-state index in [0.29, 0.717) is 0 Å². The molecule has 0 saturated carbocycles. The highest BCUT2D eigenvalue weighted by atomic mass is 16.3. The number of aliphatic hydroxyl groups is 2. The van der Waals surface area contributed by atoms with Gasteiger partial charge >= 0.3 is 0 Å². The van der Waals surface area contributed by atoms with Gasteiger partial charge in [0.05, 0.1) is 12.2 Å². The first kappa shape index (κ1) is 13.9. The molecule has 2 N–H and O–H groups in total. The van der Waals surface area contributed by atoms with Gasteiger partial charge in [0, 0.05) is 0 Å². The zero-order chi connectivity index (χ0) is 11.2. The molecule has 0 aliphatic carbocycles. The number of rotatable bonds is 6. The molecule has 0 rings (SSSR count). The minimum atomic E-state index is -0.607. The summed E-state index contributed by atoms with van der Waals surface area (Å²) in [5, 5.41) is 19.5. The summed E-state index contributed by atoms with van der Waals surface area (Å²) in [5.41, 5.74) is -0.218. The average molecular weight is 202 g/mol. The summed E-state index contributed by atoms with van der Waals surface area (Å²) < 4.78 is 0. The normalized spacial score (nSPS) is 16.7. The van der Waals surface area contributed by atoms with Gasteiger partial charge in [-0.2, -0.15) is 0 Å². The second-order valence-corrected chi connectivity index (χ2v) is 5.23. The van der Waals surface area contributed by atoms with Crippen molar-refractivity contribution in [1.29, 1.82) is 0 Å². The fraction of sp³-hybridized carbons (Fsp3) is 1.00. The third-order valence-corrected chi connectivity index (χ3v) is 2.61. The highest BCUT2D eigenvalue weighted by molar-refractivity contribution is 4.79. The molecule has 0 saturated heterocycles. The lowest BCUT2D eigenvalue weighted by molar-refractivity contribution is -0.0481. The van der Waals surface area contributed by atoms with E-state index in [1.54, 1.807) is 0 Å². The first-order valence-electron chi connectivity index (χ1n) is 5.75. The van der Waals surface area contributed by atoms with Crippen molar-refractivity contribution >= 4 is 0 Å². The van der Waals surface area contributed by atoms with Gasteiger partial charge in [-0.05, 0) is 11.8 Å². The van der Waals surface area contributed by atoms with Crippen molar-refractivity contribution in [2.45, 2.75) is 72.0 Å². The van der Waals surface area contributed by atoms with Crippen LogP contribution in [-0.2, 0) is 0 Å². The summed E-state index contributed by atoms with van der Waals surface area (Å²) in [6.07, 6.45) is 4.15. The van der Waals surface area contributed by atoms with Crippen LogP contribution in [0.1, 0.15) is 59.8 Å². The van der Waals surface area contributed by atoms with Gasteiger partial charge in [0.1, 0.15) is 0 Å². The van der Waals surface area contributed by atoms with Crippen LogP contribution >= 0.6 is 0 Å². The summed E-state index contributed by atoms with van der Waals surface area (Å²) in [7, 11) is 0. The Morgan fingerprint density at radius 1 is 1.00 bits per heavy atom. The number of hydrogen-bond donors (Lipinski definition) is 2. The van der Waals surface area contributed by atoms with Crippen LogP contribution in [0.3, 0.4) is 0 Å². The molecule has 0 aromatic rings. The Morgan fingerprint density at radius 2 is 1.57 bits per heavy atom. The van der Waals surface area contributed by atoms with Gasteiger partial charge in [0.2, 0.25) is 0 Å². The fourth-order valence-electron chi connectivity index (χ4n) is 1.52. The van der Waals surface area contributed by atoms with Gasteiger partial charge in [-0.15, -0.1) is 0 Å². The molecule has 0 spiro atoms. The first-order valence-corrected chi connectivity index (χ1v) is 5.75. The smallest absolute Gasteiger partial charge is 0.0847 e. The second-order valence-electron chi connectivity index (χ2n) is 5.23. The van der Waals surface area contributed by atoms with Gasteiger partial charge < -0.3 is 10.2 Å². The van der Waals surface area contributed by atoms with Crippen molar-refractivity contribution in [2.24, 2.45) is 5.41 Å². The van der Waals surface area contributed by atoms with Gasteiger partial charge in [-0.3, -0.25) is 0 Å². The third kappa shape index (κ3) is 5.61. The van der Waals surface area contributed by atoms with E-state index >= 15 is 0 Å². The van der Waals surface area contributed by atoms with E-state index in [0.717, 1.165) is 19.3 Å². The summed E-state index contributed by atoms with van der Waals surface area (Å²) in [6.45, 7) is 8.02. The van der Waals surface area contributed by atoms with Crippen LogP contribution in [0.2, 0.25) is 0 Å². The highest BCUT2D eigenvalue weighted by Crippen LogP contribution is 2.24. The molecule has 0 aliphatic rings. The first-order chi connectivity index (χ1) is 6.39. The summed E-state index contributed by atoms with van der Waals surface area (Å²) >= 11 is 0. The molecular formula is C12H26O2. The van der Waals surface area contributed by atoms with E-state index in [1.807, 2.05) is 20.8 Å². The minimum absolute atomic E-state index is 0.218. The molecule has 2 nitrogen and oxygen atoms in total. The molecule has 0 aliphatic heterocycles. The molecule has 86 valence electrons. The van der Waals surface area contributed by atoms with Crippen LogP contribution in [0.5, 0.6) is 0 Å². The van der Waals surface area contributed by atoms with Crippen molar-refractivity contribution in [2.75, 3.05) is 0 Å². The van der Waals surface area contributed by atoms with E-state index in [2.05, 4.69) is 6.92 Å². The van der Waals surface area contributed by atoms with E-state index in [-0.39, 0.29) is 5.41 Å². The van der Waals surface area contributed by atoms with Crippen molar-refractivity contribution in [3.63, 3.8) is 0 Å². The lowest BCUT2D eigenvalue weighted by Gasteiger charge is -2.29. The molecule has 2 heteroatoms. The predicted octanol–water partition coefficient (Wildman–Crippen LogP) is 2.72. The molecule has 0 aromatic heterocycles. The Labute approximate surface area is 88.3 Å². The van der Waals surface area contributed by atoms with Gasteiger partial charge in [-0.25, -0.2) is 0 Å². The highest BCUT2D eigenvalue weighted by Gasteiger charge is 2.28. The standard InChI is InChI=1S/C12H26O2/c1-5-6-7-8-9-10(13)11(14)12(2,3)4/h10-11,13-14H,5-9H2,1-4H3. The molecule has 0 bridgehead atoms. The van der Waals surface area contributed by atoms with Crippen LogP contribution in [0.25, 0.3) is 0 Å². The Bertz CT molecular complexity index is 138. The van der Waals surface area contributed by atoms with Crippen LogP contribution in [-0.4, -0.2) is 22.4 Å². The molecule has 0 fully saturated rings. The van der Waals surface area contributed by atoms with Crippen LogP contribution in [0.4, 0.5) is 0 Å². The van der Waals surface area contributed by atoms with Crippen molar-refractivity contribution < 1.29 is 10.2 Å². The van der Waals surface area contributed by atoms with E-state index < -0.39 is 12.2 Å². The molecule has 2 unspecified atom stereocenters. The number of unbranched alkanes of at least 4 members (excludes halogenated alkanes) is 3. The van der Waals surface area contributed by atoms with Crippen LogP contribution in [0, 0.1) is 5.41 Å². The molecule has 2 atom stereocenters. The zero-order valence-corrected chi connectivity index (χ0v) is 10.1. The van der Waals surface area contributed by atoms with Gasteiger partial charge in [-0.1, -0.05) is 53.4 Å². The molecule has 0 heterocycles. The van der Waals surface area contributed by atoms with E-state index in [9.17, 15) is 10.2 Å². The summed E-state index contributed by atoms with van der Waals surface area (Å²) in [5.74, 6) is 0. The Balaban J connectivity index is 3.68. The molecular weight excluding hydrogens is 176 g/mol. The summed E-state index contributed by atoms with van der Waals surface area (Å²) in [6, 6.07) is 0. The number of aliphatic hydroxyl groups excluding tert-OH is 2. The quantitative estimate of drug-likeness (QED) is 0.650. The topological polar surface area (TPSA) is 40.5 Å². The van der Waals surface area contributed by atoms with Crippen LogP contribution in [0.15, 0.2) is 0 Å². The SMILES string of the molecule is CCCCCCC(O)C(O)C(C)(C)C. The number of hydrogen-bond acceptors (Lipinski definition) is 2. The minimum Gasteiger partial charge on any atom is -0.390 e.